The molecule has 2 aliphatic rings. The molecule has 0 unspecified atom stereocenters. The number of carbonyl (C=O) groups excluding carboxylic acids is 1. The van der Waals surface area contributed by atoms with Crippen molar-refractivity contribution in [2.75, 3.05) is 17.2 Å². The summed E-state index contributed by atoms with van der Waals surface area (Å²) in [4.78, 5) is 20.1. The number of hydrogen-bond acceptors (Lipinski definition) is 6. The minimum atomic E-state index is -2.59. The predicted molar refractivity (Wildman–Crippen MR) is 93.2 cm³/mol. The van der Waals surface area contributed by atoms with Crippen LogP contribution >= 0.6 is 0 Å². The molecule has 9 heteroatoms. The molecule has 144 valence electrons. The van der Waals surface area contributed by atoms with Gasteiger partial charge < -0.3 is 21.5 Å². The van der Waals surface area contributed by atoms with Crippen molar-refractivity contribution in [1.29, 1.82) is 0 Å². The lowest BCUT2D eigenvalue weighted by Gasteiger charge is -2.29. The van der Waals surface area contributed by atoms with Crippen LogP contribution in [0.4, 0.5) is 20.5 Å². The third kappa shape index (κ3) is 4.38. The van der Waals surface area contributed by atoms with E-state index in [1.54, 1.807) is 0 Å². The zero-order chi connectivity index (χ0) is 18.7. The zero-order valence-corrected chi connectivity index (χ0v) is 14.5. The fourth-order valence-electron chi connectivity index (χ4n) is 3.73. The van der Waals surface area contributed by atoms with Crippen LogP contribution in [-0.4, -0.2) is 45.6 Å². The normalized spacial score (nSPS) is 25.8. The molecule has 0 radical (unpaired) electrons. The van der Waals surface area contributed by atoms with Crippen molar-refractivity contribution >= 4 is 17.7 Å². The van der Waals surface area contributed by atoms with Crippen LogP contribution in [0.5, 0.6) is 0 Å². The maximum absolute atomic E-state index is 13.3. The first-order valence-electron chi connectivity index (χ1n) is 9.06. The lowest BCUT2D eigenvalue weighted by atomic mass is 9.92. The molecule has 7 nitrogen and oxygen atoms in total. The van der Waals surface area contributed by atoms with Crippen molar-refractivity contribution in [1.82, 2.24) is 9.97 Å². The molecule has 0 aliphatic heterocycles. The SMILES string of the molecule is NC(=O)c1cnc(NC2CCC(F)(F)CC2)nc1N[C@@H]1CCC[C@@H]1CO. The number of aromatic nitrogens is 2. The Morgan fingerprint density at radius 1 is 1.27 bits per heavy atom. The molecule has 2 aliphatic carbocycles. The van der Waals surface area contributed by atoms with Crippen molar-refractivity contribution < 1.29 is 18.7 Å². The number of rotatable bonds is 6. The Morgan fingerprint density at radius 2 is 2.00 bits per heavy atom. The number of halogens is 2. The average Bonchev–Trinajstić information content (AvgIpc) is 3.04. The van der Waals surface area contributed by atoms with Gasteiger partial charge in [-0.25, -0.2) is 13.8 Å². The third-order valence-corrected chi connectivity index (χ3v) is 5.32. The van der Waals surface area contributed by atoms with Crippen molar-refractivity contribution in [3.8, 4) is 0 Å². The minimum Gasteiger partial charge on any atom is -0.396 e. The number of aliphatic hydroxyl groups is 1. The molecule has 2 atom stereocenters. The average molecular weight is 369 g/mol. The Balaban J connectivity index is 1.73. The minimum absolute atomic E-state index is 0.00854. The van der Waals surface area contributed by atoms with Gasteiger partial charge in [0.15, 0.2) is 0 Å². The topological polar surface area (TPSA) is 113 Å². The van der Waals surface area contributed by atoms with Crippen molar-refractivity contribution in [2.45, 2.75) is 63.0 Å². The smallest absolute Gasteiger partial charge is 0.254 e. The summed E-state index contributed by atoms with van der Waals surface area (Å²) in [7, 11) is 0. The fraction of sp³-hybridized carbons (Fsp3) is 0.706. The van der Waals surface area contributed by atoms with Crippen molar-refractivity contribution in [3.63, 3.8) is 0 Å². The number of carbonyl (C=O) groups is 1. The van der Waals surface area contributed by atoms with E-state index in [2.05, 4.69) is 20.6 Å². The fourth-order valence-corrected chi connectivity index (χ4v) is 3.73. The summed E-state index contributed by atoms with van der Waals surface area (Å²) in [5.41, 5.74) is 5.58. The molecule has 3 rings (SSSR count). The van der Waals surface area contributed by atoms with Gasteiger partial charge in [-0.3, -0.25) is 4.79 Å². The van der Waals surface area contributed by atoms with Crippen molar-refractivity contribution in [2.24, 2.45) is 11.7 Å². The van der Waals surface area contributed by atoms with Gasteiger partial charge >= 0.3 is 0 Å². The Bertz CT molecular complexity index is 648. The molecule has 1 heterocycles. The van der Waals surface area contributed by atoms with E-state index in [-0.39, 0.29) is 49.0 Å². The van der Waals surface area contributed by atoms with Crippen LogP contribution in [0.15, 0.2) is 6.20 Å². The van der Waals surface area contributed by atoms with Gasteiger partial charge in [0.25, 0.3) is 5.91 Å². The van der Waals surface area contributed by atoms with Crippen LogP contribution in [-0.2, 0) is 0 Å². The van der Waals surface area contributed by atoms with Gasteiger partial charge in [0.05, 0.1) is 5.56 Å². The number of nitrogens with zero attached hydrogens (tertiary/aromatic N) is 2. The first kappa shape index (κ1) is 18.8. The van der Waals surface area contributed by atoms with E-state index in [4.69, 9.17) is 5.73 Å². The molecule has 0 saturated heterocycles. The molecule has 1 aromatic heterocycles. The summed E-state index contributed by atoms with van der Waals surface area (Å²) in [5, 5.41) is 15.8. The Labute approximate surface area is 150 Å². The van der Waals surface area contributed by atoms with E-state index < -0.39 is 11.8 Å². The lowest BCUT2D eigenvalue weighted by molar-refractivity contribution is -0.0361. The van der Waals surface area contributed by atoms with Gasteiger partial charge in [0, 0.05) is 43.6 Å². The second kappa shape index (κ2) is 7.69. The Hall–Kier alpha value is -2.03. The summed E-state index contributed by atoms with van der Waals surface area (Å²) in [6.07, 6.45) is 4.48. The molecular weight excluding hydrogens is 344 g/mol. The van der Waals surface area contributed by atoms with Crippen LogP contribution in [0.2, 0.25) is 0 Å². The van der Waals surface area contributed by atoms with E-state index in [1.807, 2.05) is 0 Å². The van der Waals surface area contributed by atoms with Crippen LogP contribution in [0, 0.1) is 5.92 Å². The molecule has 0 bridgehead atoms. The lowest BCUT2D eigenvalue weighted by Crippen LogP contribution is -2.33. The molecule has 0 aromatic carbocycles. The van der Waals surface area contributed by atoms with Crippen LogP contribution in [0.3, 0.4) is 0 Å². The molecule has 2 saturated carbocycles. The molecule has 5 N–H and O–H groups in total. The van der Waals surface area contributed by atoms with Crippen molar-refractivity contribution in [3.05, 3.63) is 11.8 Å². The van der Waals surface area contributed by atoms with Crippen LogP contribution < -0.4 is 16.4 Å². The molecule has 1 amide bonds. The van der Waals surface area contributed by atoms with Gasteiger partial charge in [0.2, 0.25) is 11.9 Å². The van der Waals surface area contributed by atoms with E-state index in [0.717, 1.165) is 19.3 Å². The second-order valence-corrected chi connectivity index (χ2v) is 7.22. The Kier molecular flexibility index (Phi) is 5.55. The van der Waals surface area contributed by atoms with Gasteiger partial charge in [0.1, 0.15) is 5.82 Å². The summed E-state index contributed by atoms with van der Waals surface area (Å²) < 4.78 is 26.6. The number of anilines is 2. The molecule has 26 heavy (non-hydrogen) atoms. The highest BCUT2D eigenvalue weighted by molar-refractivity contribution is 5.97. The van der Waals surface area contributed by atoms with Crippen LogP contribution in [0.25, 0.3) is 0 Å². The molecular formula is C17H25F2N5O2. The highest BCUT2D eigenvalue weighted by atomic mass is 19.3. The first-order valence-corrected chi connectivity index (χ1v) is 9.06. The molecule has 0 spiro atoms. The number of primary amides is 1. The highest BCUT2D eigenvalue weighted by Crippen LogP contribution is 2.34. The van der Waals surface area contributed by atoms with Crippen LogP contribution in [0.1, 0.15) is 55.3 Å². The quantitative estimate of drug-likeness (QED) is 0.611. The van der Waals surface area contributed by atoms with E-state index >= 15 is 0 Å². The highest BCUT2D eigenvalue weighted by Gasteiger charge is 2.35. The number of amides is 1. The zero-order valence-electron chi connectivity index (χ0n) is 14.5. The van der Waals surface area contributed by atoms with Gasteiger partial charge in [-0.2, -0.15) is 4.98 Å². The number of nitrogens with two attached hydrogens (primary N) is 1. The Morgan fingerprint density at radius 3 is 2.65 bits per heavy atom. The number of hydrogen-bond donors (Lipinski definition) is 4. The van der Waals surface area contributed by atoms with Gasteiger partial charge in [-0.1, -0.05) is 6.42 Å². The van der Waals surface area contributed by atoms with E-state index in [9.17, 15) is 18.7 Å². The number of aliphatic hydroxyl groups excluding tert-OH is 1. The standard InChI is InChI=1S/C17H25F2N5O2/c18-17(19)6-4-11(5-7-17)22-16-21-8-12(14(20)26)15(24-16)23-13-3-1-2-10(13)9-25/h8,10-11,13,25H,1-7,9H2,(H2,20,26)(H2,21,22,23,24)/t10-,13-/m1/s1. The maximum atomic E-state index is 13.3. The number of nitrogens with one attached hydrogen (secondary N) is 2. The van der Waals surface area contributed by atoms with E-state index in [0.29, 0.717) is 18.7 Å². The predicted octanol–water partition coefficient (Wildman–Crippen LogP) is 2.14. The van der Waals surface area contributed by atoms with E-state index in [1.165, 1.54) is 6.20 Å². The second-order valence-electron chi connectivity index (χ2n) is 7.22. The summed E-state index contributed by atoms with van der Waals surface area (Å²) in [5.74, 6) is -2.53. The first-order chi connectivity index (χ1) is 12.4. The van der Waals surface area contributed by atoms with Gasteiger partial charge in [-0.15, -0.1) is 0 Å². The third-order valence-electron chi connectivity index (χ3n) is 5.32. The largest absolute Gasteiger partial charge is 0.396 e. The monoisotopic (exact) mass is 369 g/mol. The summed E-state index contributed by atoms with van der Waals surface area (Å²) >= 11 is 0. The van der Waals surface area contributed by atoms with Gasteiger partial charge in [-0.05, 0) is 25.7 Å². The summed E-state index contributed by atoms with van der Waals surface area (Å²) in [6, 6.07) is -0.118. The maximum Gasteiger partial charge on any atom is 0.254 e. The molecule has 2 fully saturated rings. The number of alkyl halides is 2. The molecule has 1 aromatic rings. The summed E-state index contributed by atoms with van der Waals surface area (Å²) in [6.45, 7) is 0.0655.